The number of aromatic hydroxyl groups is 1. The second-order valence-corrected chi connectivity index (χ2v) is 5.13. The van der Waals surface area contributed by atoms with E-state index in [9.17, 15) is 15.0 Å². The van der Waals surface area contributed by atoms with E-state index in [2.05, 4.69) is 10.2 Å². The number of fused-ring (bicyclic) bond motifs is 1. The van der Waals surface area contributed by atoms with Crippen molar-refractivity contribution in [2.75, 3.05) is 0 Å². The molecule has 0 aromatic heterocycles. The summed E-state index contributed by atoms with van der Waals surface area (Å²) < 4.78 is 0. The Bertz CT molecular complexity index is 933. The first-order chi connectivity index (χ1) is 11.1. The van der Waals surface area contributed by atoms with E-state index in [1.165, 1.54) is 6.07 Å². The molecular weight excluding hydrogens is 292 g/mol. The largest absolute Gasteiger partial charge is 0.505 e. The monoisotopic (exact) mass is 306 g/mol. The highest BCUT2D eigenvalue weighted by molar-refractivity contribution is 6.04. The minimum atomic E-state index is -1.21. The van der Waals surface area contributed by atoms with Crippen molar-refractivity contribution in [2.24, 2.45) is 10.2 Å². The first kappa shape index (κ1) is 14.7. The van der Waals surface area contributed by atoms with Crippen molar-refractivity contribution in [3.05, 3.63) is 65.7 Å². The highest BCUT2D eigenvalue weighted by Gasteiger charge is 2.17. The van der Waals surface area contributed by atoms with Gasteiger partial charge in [0.15, 0.2) is 5.75 Å². The van der Waals surface area contributed by atoms with Crippen LogP contribution in [0.3, 0.4) is 0 Å². The molecule has 3 aromatic rings. The standard InChI is InChI=1S/C18H14N2O3/c1-11-6-2-5-9-15(11)19-20-16-13-8-4-3-7-12(13)10-14(17(16)21)18(22)23/h2-10,21H,1H3,(H,22,23). The van der Waals surface area contributed by atoms with Gasteiger partial charge in [-0.1, -0.05) is 42.5 Å². The predicted octanol–water partition coefficient (Wildman–Crippen LogP) is 4.97. The van der Waals surface area contributed by atoms with Crippen molar-refractivity contribution in [3.63, 3.8) is 0 Å². The van der Waals surface area contributed by atoms with Gasteiger partial charge >= 0.3 is 5.97 Å². The molecule has 2 N–H and O–H groups in total. The van der Waals surface area contributed by atoms with Gasteiger partial charge in [-0.25, -0.2) is 4.79 Å². The first-order valence-corrected chi connectivity index (χ1v) is 7.03. The molecule has 0 aliphatic rings. The number of benzene rings is 3. The molecular formula is C18H14N2O3. The Kier molecular flexibility index (Phi) is 3.76. The Morgan fingerprint density at radius 3 is 2.43 bits per heavy atom. The molecule has 0 spiro atoms. The molecule has 0 saturated carbocycles. The summed E-state index contributed by atoms with van der Waals surface area (Å²) in [5.41, 5.74) is 1.57. The lowest BCUT2D eigenvalue weighted by Crippen LogP contribution is -1.97. The second kappa shape index (κ2) is 5.88. The van der Waals surface area contributed by atoms with Crippen LogP contribution in [-0.2, 0) is 0 Å². The summed E-state index contributed by atoms with van der Waals surface area (Å²) in [4.78, 5) is 11.3. The molecule has 0 aliphatic heterocycles. The number of hydrogen-bond donors (Lipinski definition) is 2. The van der Waals surface area contributed by atoms with Crippen LogP contribution in [-0.4, -0.2) is 16.2 Å². The van der Waals surface area contributed by atoms with E-state index >= 15 is 0 Å². The SMILES string of the molecule is Cc1ccccc1N=Nc1c(O)c(C(=O)O)cc2ccccc12. The quantitative estimate of drug-likeness (QED) is 0.670. The van der Waals surface area contributed by atoms with Crippen LogP contribution < -0.4 is 0 Å². The molecule has 114 valence electrons. The van der Waals surface area contributed by atoms with Crippen LogP contribution in [0.25, 0.3) is 10.8 Å². The number of carbonyl (C=O) groups is 1. The number of rotatable bonds is 3. The Hall–Kier alpha value is -3.21. The maximum atomic E-state index is 11.3. The van der Waals surface area contributed by atoms with Gasteiger partial charge in [-0.3, -0.25) is 0 Å². The van der Waals surface area contributed by atoms with E-state index in [4.69, 9.17) is 0 Å². The zero-order chi connectivity index (χ0) is 16.4. The summed E-state index contributed by atoms with van der Waals surface area (Å²) in [5, 5.41) is 29.1. The zero-order valence-electron chi connectivity index (χ0n) is 12.4. The van der Waals surface area contributed by atoms with Crippen molar-refractivity contribution < 1.29 is 15.0 Å². The van der Waals surface area contributed by atoms with Crippen LogP contribution in [0.1, 0.15) is 15.9 Å². The van der Waals surface area contributed by atoms with E-state index in [0.29, 0.717) is 16.5 Å². The fraction of sp³-hybridized carbons (Fsp3) is 0.0556. The van der Waals surface area contributed by atoms with Crippen LogP contribution in [0.4, 0.5) is 11.4 Å². The van der Waals surface area contributed by atoms with Gasteiger partial charge in [-0.15, -0.1) is 5.11 Å². The average Bonchev–Trinajstić information content (AvgIpc) is 2.54. The summed E-state index contributed by atoms with van der Waals surface area (Å²) in [7, 11) is 0. The number of aryl methyl sites for hydroxylation is 1. The number of nitrogens with zero attached hydrogens (tertiary/aromatic N) is 2. The third-order valence-electron chi connectivity index (χ3n) is 3.60. The molecule has 3 aromatic carbocycles. The van der Waals surface area contributed by atoms with Crippen molar-refractivity contribution in [2.45, 2.75) is 6.92 Å². The fourth-order valence-electron chi connectivity index (χ4n) is 2.36. The van der Waals surface area contributed by atoms with Crippen LogP contribution in [0, 0.1) is 6.92 Å². The molecule has 0 saturated heterocycles. The van der Waals surface area contributed by atoms with Crippen molar-refractivity contribution in [1.29, 1.82) is 0 Å². The van der Waals surface area contributed by atoms with E-state index in [-0.39, 0.29) is 17.0 Å². The van der Waals surface area contributed by atoms with E-state index in [1.54, 1.807) is 30.3 Å². The molecule has 5 nitrogen and oxygen atoms in total. The van der Waals surface area contributed by atoms with Gasteiger partial charge in [0.1, 0.15) is 11.3 Å². The number of phenols is 1. The molecule has 0 heterocycles. The van der Waals surface area contributed by atoms with Gasteiger partial charge in [-0.05, 0) is 30.0 Å². The van der Waals surface area contributed by atoms with Crippen LogP contribution >= 0.6 is 0 Å². The van der Waals surface area contributed by atoms with Crippen molar-refractivity contribution >= 4 is 28.1 Å². The summed E-state index contributed by atoms with van der Waals surface area (Å²) in [6, 6.07) is 16.0. The third kappa shape index (κ3) is 2.76. The second-order valence-electron chi connectivity index (χ2n) is 5.13. The smallest absolute Gasteiger partial charge is 0.339 e. The maximum Gasteiger partial charge on any atom is 0.339 e. The zero-order valence-corrected chi connectivity index (χ0v) is 12.4. The van der Waals surface area contributed by atoms with E-state index in [0.717, 1.165) is 5.56 Å². The fourth-order valence-corrected chi connectivity index (χ4v) is 2.36. The molecule has 0 unspecified atom stereocenters. The van der Waals surface area contributed by atoms with Gasteiger partial charge in [0.05, 0.1) is 5.69 Å². The first-order valence-electron chi connectivity index (χ1n) is 7.03. The summed E-state index contributed by atoms with van der Waals surface area (Å²) in [6.07, 6.45) is 0. The molecule has 5 heteroatoms. The number of aromatic carboxylic acids is 1. The summed E-state index contributed by atoms with van der Waals surface area (Å²) in [5.74, 6) is -1.59. The molecule has 0 radical (unpaired) electrons. The number of hydrogen-bond acceptors (Lipinski definition) is 4. The number of carboxylic acid groups (broad SMARTS) is 1. The lowest BCUT2D eigenvalue weighted by Gasteiger charge is -2.07. The molecule has 0 bridgehead atoms. The van der Waals surface area contributed by atoms with E-state index < -0.39 is 5.97 Å². The topological polar surface area (TPSA) is 82.2 Å². The average molecular weight is 306 g/mol. The molecule has 0 aliphatic carbocycles. The third-order valence-corrected chi connectivity index (χ3v) is 3.60. The lowest BCUT2D eigenvalue weighted by atomic mass is 10.0. The molecule has 3 rings (SSSR count). The highest BCUT2D eigenvalue weighted by Crippen LogP contribution is 2.39. The Labute approximate surface area is 132 Å². The van der Waals surface area contributed by atoms with Gasteiger partial charge in [-0.2, -0.15) is 5.11 Å². The maximum absolute atomic E-state index is 11.3. The highest BCUT2D eigenvalue weighted by atomic mass is 16.4. The van der Waals surface area contributed by atoms with Crippen LogP contribution in [0.15, 0.2) is 64.8 Å². The number of azo groups is 1. The number of carboxylic acids is 1. The van der Waals surface area contributed by atoms with Gasteiger partial charge in [0.2, 0.25) is 0 Å². The van der Waals surface area contributed by atoms with Gasteiger partial charge in [0, 0.05) is 5.39 Å². The lowest BCUT2D eigenvalue weighted by molar-refractivity contribution is 0.0694. The summed E-state index contributed by atoms with van der Waals surface area (Å²) >= 11 is 0. The molecule has 23 heavy (non-hydrogen) atoms. The molecule has 0 amide bonds. The van der Waals surface area contributed by atoms with E-state index in [1.807, 2.05) is 25.1 Å². The minimum absolute atomic E-state index is 0.156. The summed E-state index contributed by atoms with van der Waals surface area (Å²) in [6.45, 7) is 1.90. The van der Waals surface area contributed by atoms with Crippen molar-refractivity contribution in [3.8, 4) is 5.75 Å². The van der Waals surface area contributed by atoms with Crippen molar-refractivity contribution in [1.82, 2.24) is 0 Å². The molecule has 0 atom stereocenters. The predicted molar refractivity (Wildman–Crippen MR) is 87.9 cm³/mol. The Balaban J connectivity index is 2.21. The Morgan fingerprint density at radius 2 is 1.70 bits per heavy atom. The van der Waals surface area contributed by atoms with Crippen LogP contribution in [0.5, 0.6) is 5.75 Å². The van der Waals surface area contributed by atoms with Gasteiger partial charge < -0.3 is 10.2 Å². The minimum Gasteiger partial charge on any atom is -0.505 e. The normalized spacial score (nSPS) is 11.2. The van der Waals surface area contributed by atoms with Gasteiger partial charge in [0.25, 0.3) is 0 Å². The molecule has 0 fully saturated rings. The van der Waals surface area contributed by atoms with Crippen LogP contribution in [0.2, 0.25) is 0 Å². The Morgan fingerprint density at radius 1 is 1.00 bits per heavy atom.